The van der Waals surface area contributed by atoms with Crippen LogP contribution in [0.2, 0.25) is 0 Å². The van der Waals surface area contributed by atoms with Gasteiger partial charge in [-0.1, -0.05) is 6.92 Å². The van der Waals surface area contributed by atoms with Gasteiger partial charge in [0.25, 0.3) is 0 Å². The second-order valence-electron chi connectivity index (χ2n) is 8.03. The average molecular weight is 348 g/mol. The topological polar surface area (TPSA) is 43.8 Å². The van der Waals surface area contributed by atoms with E-state index in [0.29, 0.717) is 12.0 Å². The van der Waals surface area contributed by atoms with Gasteiger partial charge in [-0.25, -0.2) is 4.79 Å². The van der Waals surface area contributed by atoms with E-state index in [2.05, 4.69) is 33.7 Å². The van der Waals surface area contributed by atoms with Crippen LogP contribution in [-0.2, 0) is 6.54 Å². The maximum Gasteiger partial charge on any atom is 0.317 e. The lowest BCUT2D eigenvalue weighted by Crippen LogP contribution is -2.52. The summed E-state index contributed by atoms with van der Waals surface area (Å²) in [5.41, 5.74) is 0.345. The second kappa shape index (κ2) is 8.23. The third-order valence-electron chi connectivity index (χ3n) is 5.77. The maximum atomic E-state index is 12.4. The highest BCUT2D eigenvalue weighted by Crippen LogP contribution is 2.32. The number of nitrogens with zero attached hydrogens (tertiary/aromatic N) is 4. The molecular weight excluding hydrogens is 314 g/mol. The van der Waals surface area contributed by atoms with Crippen molar-refractivity contribution in [3.05, 3.63) is 24.5 Å². The Morgan fingerprint density at radius 1 is 1.04 bits per heavy atom. The number of carbonyl (C=O) groups excluding carboxylic acids is 1. The molecule has 0 spiro atoms. The maximum absolute atomic E-state index is 12.4. The van der Waals surface area contributed by atoms with Crippen molar-refractivity contribution in [3.63, 3.8) is 0 Å². The second-order valence-corrected chi connectivity index (χ2v) is 8.03. The van der Waals surface area contributed by atoms with Crippen LogP contribution in [-0.4, -0.2) is 84.7 Å². The monoisotopic (exact) mass is 347 g/mol. The van der Waals surface area contributed by atoms with E-state index in [-0.39, 0.29) is 6.03 Å². The number of likely N-dealkylation sites (N-methyl/N-ethyl adjacent to an activating group) is 1. The first kappa shape index (κ1) is 18.3. The first-order chi connectivity index (χ1) is 12.0. The highest BCUT2D eigenvalue weighted by Gasteiger charge is 2.33. The van der Waals surface area contributed by atoms with Gasteiger partial charge in [0.15, 0.2) is 0 Å². The number of aromatic nitrogens is 1. The van der Waals surface area contributed by atoms with E-state index in [1.807, 2.05) is 29.4 Å². The number of piperazine rings is 1. The quantitative estimate of drug-likeness (QED) is 0.879. The number of urea groups is 1. The minimum Gasteiger partial charge on any atom is -0.353 e. The van der Waals surface area contributed by atoms with Crippen molar-refractivity contribution in [1.29, 1.82) is 0 Å². The summed E-state index contributed by atoms with van der Waals surface area (Å²) in [7, 11) is 2.20. The van der Waals surface area contributed by atoms with Gasteiger partial charge >= 0.3 is 6.03 Å². The van der Waals surface area contributed by atoms with E-state index in [1.54, 1.807) is 0 Å². The van der Waals surface area contributed by atoms with Crippen LogP contribution in [0, 0.1) is 5.41 Å². The summed E-state index contributed by atoms with van der Waals surface area (Å²) in [5.74, 6) is 0. The summed E-state index contributed by atoms with van der Waals surface area (Å²) < 4.78 is 2.09. The molecule has 0 unspecified atom stereocenters. The van der Waals surface area contributed by atoms with Crippen LogP contribution >= 0.6 is 0 Å². The fourth-order valence-corrected chi connectivity index (χ4v) is 3.88. The smallest absolute Gasteiger partial charge is 0.317 e. The van der Waals surface area contributed by atoms with Crippen molar-refractivity contribution in [3.8, 4) is 0 Å². The number of rotatable bonds is 5. The van der Waals surface area contributed by atoms with Gasteiger partial charge in [0.1, 0.15) is 0 Å². The molecule has 0 aliphatic carbocycles. The van der Waals surface area contributed by atoms with Gasteiger partial charge in [-0.15, -0.1) is 0 Å². The van der Waals surface area contributed by atoms with Crippen LogP contribution in [0.1, 0.15) is 19.8 Å². The molecule has 6 nitrogen and oxygen atoms in total. The first-order valence-corrected chi connectivity index (χ1v) is 9.59. The van der Waals surface area contributed by atoms with Crippen molar-refractivity contribution in [2.24, 2.45) is 5.41 Å². The van der Waals surface area contributed by atoms with Crippen molar-refractivity contribution in [2.45, 2.75) is 26.3 Å². The summed E-state index contributed by atoms with van der Waals surface area (Å²) in [6.07, 6.45) is 6.25. The molecule has 2 saturated heterocycles. The molecule has 0 saturated carbocycles. The number of hydrogen-bond acceptors (Lipinski definition) is 3. The van der Waals surface area contributed by atoms with E-state index < -0.39 is 0 Å². The average Bonchev–Trinajstić information content (AvgIpc) is 3.11. The predicted octanol–water partition coefficient (Wildman–Crippen LogP) is 1.55. The summed E-state index contributed by atoms with van der Waals surface area (Å²) in [5, 5.41) is 3.05. The molecule has 0 aromatic carbocycles. The zero-order valence-corrected chi connectivity index (χ0v) is 15.8. The Morgan fingerprint density at radius 2 is 1.68 bits per heavy atom. The SMILES string of the molecule is CN1CCN(CC2(C)CCN(C(=O)NCCn3cccc3)CC2)CC1. The Morgan fingerprint density at radius 3 is 2.32 bits per heavy atom. The number of hydrogen-bond donors (Lipinski definition) is 1. The minimum absolute atomic E-state index is 0.0915. The minimum atomic E-state index is 0.0915. The van der Waals surface area contributed by atoms with Crippen LogP contribution in [0.15, 0.2) is 24.5 Å². The molecular formula is C19H33N5O. The Bertz CT molecular complexity index is 528. The lowest BCUT2D eigenvalue weighted by molar-refractivity contribution is 0.0628. The molecule has 1 aromatic rings. The predicted molar refractivity (Wildman–Crippen MR) is 101 cm³/mol. The van der Waals surface area contributed by atoms with E-state index in [9.17, 15) is 4.79 Å². The summed E-state index contributed by atoms with van der Waals surface area (Å²) in [4.78, 5) is 19.3. The fraction of sp³-hybridized carbons (Fsp3) is 0.737. The Kier molecular flexibility index (Phi) is 6.02. The van der Waals surface area contributed by atoms with Gasteiger partial charge in [-0.05, 0) is 37.4 Å². The zero-order valence-electron chi connectivity index (χ0n) is 15.8. The third kappa shape index (κ3) is 5.22. The molecule has 0 radical (unpaired) electrons. The van der Waals surface area contributed by atoms with E-state index in [1.165, 1.54) is 32.7 Å². The molecule has 2 fully saturated rings. The standard InChI is InChI=1S/C19H33N5O/c1-19(17-23-15-13-21(2)14-16-23)5-10-24(11-6-19)18(25)20-7-12-22-8-3-4-9-22/h3-4,8-9H,5-7,10-17H2,1-2H3,(H,20,25). The van der Waals surface area contributed by atoms with Gasteiger partial charge in [0, 0.05) is 71.3 Å². The van der Waals surface area contributed by atoms with Gasteiger partial charge in [0.05, 0.1) is 0 Å². The molecule has 6 heteroatoms. The van der Waals surface area contributed by atoms with Crippen molar-refractivity contribution in [1.82, 2.24) is 24.6 Å². The lowest BCUT2D eigenvalue weighted by atomic mass is 9.80. The molecule has 2 amide bonds. The van der Waals surface area contributed by atoms with Crippen LogP contribution < -0.4 is 5.32 Å². The number of likely N-dealkylation sites (tertiary alicyclic amines) is 1. The molecule has 140 valence electrons. The summed E-state index contributed by atoms with van der Waals surface area (Å²) in [6.45, 7) is 11.5. The van der Waals surface area contributed by atoms with Gasteiger partial charge in [0.2, 0.25) is 0 Å². The Hall–Kier alpha value is -1.53. The first-order valence-electron chi connectivity index (χ1n) is 9.59. The van der Waals surface area contributed by atoms with Crippen molar-refractivity contribution < 1.29 is 4.79 Å². The molecule has 1 aromatic heterocycles. The molecule has 0 atom stereocenters. The summed E-state index contributed by atoms with van der Waals surface area (Å²) >= 11 is 0. The molecule has 3 rings (SSSR count). The Labute approximate surface area is 151 Å². The van der Waals surface area contributed by atoms with Crippen LogP contribution in [0.4, 0.5) is 4.79 Å². The molecule has 2 aliphatic heterocycles. The fourth-order valence-electron chi connectivity index (χ4n) is 3.88. The van der Waals surface area contributed by atoms with Crippen molar-refractivity contribution in [2.75, 3.05) is 59.4 Å². The van der Waals surface area contributed by atoms with Crippen LogP contribution in [0.25, 0.3) is 0 Å². The normalized spacial score (nSPS) is 22.1. The number of carbonyl (C=O) groups is 1. The van der Waals surface area contributed by atoms with E-state index >= 15 is 0 Å². The van der Waals surface area contributed by atoms with E-state index in [0.717, 1.165) is 32.5 Å². The van der Waals surface area contributed by atoms with Gasteiger partial charge in [-0.3, -0.25) is 0 Å². The lowest BCUT2D eigenvalue weighted by Gasteiger charge is -2.44. The van der Waals surface area contributed by atoms with Gasteiger partial charge < -0.3 is 24.6 Å². The van der Waals surface area contributed by atoms with E-state index in [4.69, 9.17) is 0 Å². The van der Waals surface area contributed by atoms with Crippen molar-refractivity contribution >= 4 is 6.03 Å². The van der Waals surface area contributed by atoms with Gasteiger partial charge in [-0.2, -0.15) is 0 Å². The molecule has 0 bridgehead atoms. The number of nitrogens with one attached hydrogen (secondary N) is 1. The number of amides is 2. The molecule has 25 heavy (non-hydrogen) atoms. The zero-order chi connectivity index (χ0) is 17.7. The highest BCUT2D eigenvalue weighted by atomic mass is 16.2. The highest BCUT2D eigenvalue weighted by molar-refractivity contribution is 5.74. The summed E-state index contributed by atoms with van der Waals surface area (Å²) in [6, 6.07) is 4.11. The molecule has 3 heterocycles. The molecule has 1 N–H and O–H groups in total. The van der Waals surface area contributed by atoms with Crippen LogP contribution in [0.3, 0.4) is 0 Å². The largest absolute Gasteiger partial charge is 0.353 e. The Balaban J connectivity index is 1.37. The molecule has 2 aliphatic rings. The number of piperidine rings is 1. The third-order valence-corrected chi connectivity index (χ3v) is 5.77. The van der Waals surface area contributed by atoms with Crippen LogP contribution in [0.5, 0.6) is 0 Å².